The van der Waals surface area contributed by atoms with E-state index in [1.54, 1.807) is 6.20 Å². The van der Waals surface area contributed by atoms with Crippen LogP contribution in [0.3, 0.4) is 0 Å². The first-order valence-corrected chi connectivity index (χ1v) is 13.7. The normalized spacial score (nSPS) is 13.6. The number of fused-ring (bicyclic) bond motifs is 2. The maximum absolute atomic E-state index is 9.66. The van der Waals surface area contributed by atoms with E-state index in [1.807, 2.05) is 48.5 Å². The SMILES string of the molecule is N=C(/C(=C1\NC(c2ccccn2)=Cc2ccccc21)c1ccccc1)c1cccc(-c2cccc3ccccc23)c1. The molecule has 7 rings (SSSR count). The number of aromatic nitrogens is 1. The van der Waals surface area contributed by atoms with Crippen molar-refractivity contribution in [3.63, 3.8) is 0 Å². The largest absolute Gasteiger partial charge is 0.353 e. The van der Waals surface area contributed by atoms with E-state index in [-0.39, 0.29) is 0 Å². The molecule has 0 saturated carbocycles. The molecule has 1 aromatic heterocycles. The molecule has 194 valence electrons. The molecule has 0 amide bonds. The fourth-order valence-electron chi connectivity index (χ4n) is 5.58. The molecule has 3 nitrogen and oxygen atoms in total. The van der Waals surface area contributed by atoms with Gasteiger partial charge < -0.3 is 5.32 Å². The van der Waals surface area contributed by atoms with E-state index >= 15 is 0 Å². The van der Waals surface area contributed by atoms with Gasteiger partial charge >= 0.3 is 0 Å². The molecule has 0 unspecified atom stereocenters. The summed E-state index contributed by atoms with van der Waals surface area (Å²) < 4.78 is 0. The molecular formula is C38H27N3. The van der Waals surface area contributed by atoms with Gasteiger partial charge in [-0.3, -0.25) is 10.4 Å². The van der Waals surface area contributed by atoms with Crippen LogP contribution in [0.15, 0.2) is 146 Å². The van der Waals surface area contributed by atoms with Crippen molar-refractivity contribution in [1.82, 2.24) is 10.3 Å². The van der Waals surface area contributed by atoms with Crippen LogP contribution < -0.4 is 5.32 Å². The Morgan fingerprint density at radius 2 is 1.32 bits per heavy atom. The Bertz CT molecular complexity index is 1960. The van der Waals surface area contributed by atoms with Gasteiger partial charge in [0.2, 0.25) is 0 Å². The van der Waals surface area contributed by atoms with E-state index < -0.39 is 0 Å². The minimum absolute atomic E-state index is 0.456. The topological polar surface area (TPSA) is 48.8 Å². The highest BCUT2D eigenvalue weighted by Gasteiger charge is 2.24. The zero-order valence-corrected chi connectivity index (χ0v) is 22.4. The first kappa shape index (κ1) is 24.5. The third-order valence-electron chi connectivity index (χ3n) is 7.54. The molecule has 0 fully saturated rings. The van der Waals surface area contributed by atoms with Crippen molar-refractivity contribution in [3.05, 3.63) is 174 Å². The third-order valence-corrected chi connectivity index (χ3v) is 7.54. The minimum Gasteiger partial charge on any atom is -0.353 e. The molecule has 0 radical (unpaired) electrons. The maximum Gasteiger partial charge on any atom is 0.0864 e. The van der Waals surface area contributed by atoms with Crippen molar-refractivity contribution in [2.24, 2.45) is 0 Å². The molecule has 0 bridgehead atoms. The van der Waals surface area contributed by atoms with Crippen LogP contribution in [0.4, 0.5) is 0 Å². The van der Waals surface area contributed by atoms with Gasteiger partial charge in [0.05, 0.1) is 22.8 Å². The fraction of sp³-hybridized carbons (Fsp3) is 0. The van der Waals surface area contributed by atoms with Crippen molar-refractivity contribution >= 4 is 39.5 Å². The number of hydrogen-bond acceptors (Lipinski definition) is 3. The number of nitrogens with one attached hydrogen (secondary N) is 2. The standard InChI is InChI=1S/C38H27N3/c39-37(30-18-10-17-28(24-30)32-21-11-16-26-12-4-6-19-31(26)32)36(27-13-2-1-3-14-27)38-33-20-7-5-15-29(33)25-35(41-38)34-22-8-9-23-40-34/h1-25,39,41H/b38-36-,39-37?. The van der Waals surface area contributed by atoms with Gasteiger partial charge in [0.1, 0.15) is 0 Å². The summed E-state index contributed by atoms with van der Waals surface area (Å²) >= 11 is 0. The highest BCUT2D eigenvalue weighted by Crippen LogP contribution is 2.36. The van der Waals surface area contributed by atoms with Gasteiger partial charge in [-0.2, -0.15) is 0 Å². The summed E-state index contributed by atoms with van der Waals surface area (Å²) in [7, 11) is 0. The average Bonchev–Trinajstić information content (AvgIpc) is 3.05. The first-order valence-electron chi connectivity index (χ1n) is 13.7. The molecule has 41 heavy (non-hydrogen) atoms. The lowest BCUT2D eigenvalue weighted by molar-refractivity contribution is 1.16. The Balaban J connectivity index is 1.41. The summed E-state index contributed by atoms with van der Waals surface area (Å²) in [5.41, 5.74) is 10.2. The Kier molecular flexibility index (Phi) is 6.31. The zero-order valence-electron chi connectivity index (χ0n) is 22.4. The molecule has 0 saturated heterocycles. The van der Waals surface area contributed by atoms with Crippen LogP contribution >= 0.6 is 0 Å². The predicted octanol–water partition coefficient (Wildman–Crippen LogP) is 8.94. The number of nitrogens with zero attached hydrogens (tertiary/aromatic N) is 1. The number of pyridine rings is 1. The van der Waals surface area contributed by atoms with Gasteiger partial charge in [-0.1, -0.05) is 121 Å². The summed E-state index contributed by atoms with van der Waals surface area (Å²) in [4.78, 5) is 4.61. The van der Waals surface area contributed by atoms with E-state index in [2.05, 4.69) is 107 Å². The molecule has 2 heterocycles. The Hall–Kier alpha value is -5.54. The number of benzene rings is 5. The first-order chi connectivity index (χ1) is 20.3. The van der Waals surface area contributed by atoms with Crippen LogP contribution in [0.5, 0.6) is 0 Å². The second kappa shape index (κ2) is 10.6. The van der Waals surface area contributed by atoms with E-state index in [1.165, 1.54) is 10.8 Å². The van der Waals surface area contributed by atoms with Crippen LogP contribution in [0.2, 0.25) is 0 Å². The number of rotatable bonds is 5. The quantitative estimate of drug-likeness (QED) is 0.221. The maximum atomic E-state index is 9.66. The third kappa shape index (κ3) is 4.64. The summed E-state index contributed by atoms with van der Waals surface area (Å²) in [5.74, 6) is 0. The molecule has 1 aliphatic heterocycles. The van der Waals surface area contributed by atoms with Crippen molar-refractivity contribution < 1.29 is 0 Å². The highest BCUT2D eigenvalue weighted by atomic mass is 14.9. The van der Waals surface area contributed by atoms with Gasteiger partial charge in [-0.25, -0.2) is 0 Å². The zero-order chi connectivity index (χ0) is 27.6. The van der Waals surface area contributed by atoms with Crippen molar-refractivity contribution in [2.45, 2.75) is 0 Å². The second-order valence-corrected chi connectivity index (χ2v) is 10.1. The van der Waals surface area contributed by atoms with E-state index in [9.17, 15) is 5.41 Å². The van der Waals surface area contributed by atoms with E-state index in [0.29, 0.717) is 5.71 Å². The lowest BCUT2D eigenvalue weighted by atomic mass is 9.87. The van der Waals surface area contributed by atoms with Crippen LogP contribution in [-0.2, 0) is 0 Å². The molecule has 5 aromatic carbocycles. The van der Waals surface area contributed by atoms with Crippen LogP contribution in [0, 0.1) is 5.41 Å². The Morgan fingerprint density at radius 1 is 0.610 bits per heavy atom. The highest BCUT2D eigenvalue weighted by molar-refractivity contribution is 6.36. The van der Waals surface area contributed by atoms with Crippen molar-refractivity contribution in [1.29, 1.82) is 5.41 Å². The van der Waals surface area contributed by atoms with Gasteiger partial charge in [0.15, 0.2) is 0 Å². The Morgan fingerprint density at radius 3 is 2.20 bits per heavy atom. The Labute approximate surface area is 239 Å². The molecule has 1 aliphatic rings. The summed E-state index contributed by atoms with van der Waals surface area (Å²) in [5, 5.41) is 15.8. The van der Waals surface area contributed by atoms with Crippen LogP contribution in [0.1, 0.15) is 27.9 Å². The average molecular weight is 526 g/mol. The molecule has 3 heteroatoms. The van der Waals surface area contributed by atoms with E-state index in [4.69, 9.17) is 0 Å². The number of allylic oxidation sites excluding steroid dienone is 1. The van der Waals surface area contributed by atoms with Crippen molar-refractivity contribution in [2.75, 3.05) is 0 Å². The molecule has 6 aromatic rings. The molecular weight excluding hydrogens is 498 g/mol. The fourth-order valence-corrected chi connectivity index (χ4v) is 5.58. The molecule has 0 atom stereocenters. The lowest BCUT2D eigenvalue weighted by Crippen LogP contribution is -2.20. The summed E-state index contributed by atoms with van der Waals surface area (Å²) in [6, 6.07) is 47.7. The monoisotopic (exact) mass is 525 g/mol. The van der Waals surface area contributed by atoms with Gasteiger partial charge in [0, 0.05) is 22.9 Å². The lowest BCUT2D eigenvalue weighted by Gasteiger charge is -2.26. The van der Waals surface area contributed by atoms with Crippen LogP contribution in [-0.4, -0.2) is 10.7 Å². The van der Waals surface area contributed by atoms with Crippen LogP contribution in [0.25, 0.3) is 44.9 Å². The number of hydrogen-bond donors (Lipinski definition) is 2. The van der Waals surface area contributed by atoms with E-state index in [0.717, 1.165) is 56.0 Å². The van der Waals surface area contributed by atoms with Crippen molar-refractivity contribution in [3.8, 4) is 11.1 Å². The molecule has 0 aliphatic carbocycles. The molecule has 2 N–H and O–H groups in total. The minimum atomic E-state index is 0.456. The van der Waals surface area contributed by atoms with Gasteiger partial charge in [-0.15, -0.1) is 0 Å². The summed E-state index contributed by atoms with van der Waals surface area (Å²) in [6.07, 6.45) is 3.94. The predicted molar refractivity (Wildman–Crippen MR) is 171 cm³/mol. The summed E-state index contributed by atoms with van der Waals surface area (Å²) in [6.45, 7) is 0. The second-order valence-electron chi connectivity index (χ2n) is 10.1. The van der Waals surface area contributed by atoms with Gasteiger partial charge in [0.25, 0.3) is 0 Å². The smallest absolute Gasteiger partial charge is 0.0864 e. The molecule has 0 spiro atoms. The van der Waals surface area contributed by atoms with Gasteiger partial charge in [-0.05, 0) is 57.3 Å².